The Balaban J connectivity index is 1.56. The minimum Gasteiger partial charge on any atom is -0.493 e. The van der Waals surface area contributed by atoms with Crippen molar-refractivity contribution in [3.63, 3.8) is 0 Å². The number of nitrogens with zero attached hydrogens (tertiary/aromatic N) is 3. The van der Waals surface area contributed by atoms with Gasteiger partial charge < -0.3 is 14.8 Å². The number of hydrazone groups is 1. The van der Waals surface area contributed by atoms with E-state index in [1.165, 1.54) is 25.5 Å². The molecule has 0 aliphatic heterocycles. The van der Waals surface area contributed by atoms with Gasteiger partial charge in [0.2, 0.25) is 0 Å². The Kier molecular flexibility index (Phi) is 7.31. The van der Waals surface area contributed by atoms with Crippen LogP contribution in [0.15, 0.2) is 65.9 Å². The number of hydrogen-bond acceptors (Lipinski definition) is 8. The predicted molar refractivity (Wildman–Crippen MR) is 120 cm³/mol. The molecule has 1 amide bonds. The number of pyridine rings is 1. The number of benzene rings is 2. The summed E-state index contributed by atoms with van der Waals surface area (Å²) in [4.78, 5) is 26.1. The summed E-state index contributed by atoms with van der Waals surface area (Å²) in [6.45, 7) is 1.79. The number of hydrogen-bond donors (Lipinski definition) is 2. The van der Waals surface area contributed by atoms with Crippen LogP contribution in [0.5, 0.6) is 11.5 Å². The lowest BCUT2D eigenvalue weighted by Gasteiger charge is -2.11. The molecule has 0 fully saturated rings. The van der Waals surface area contributed by atoms with E-state index in [1.807, 2.05) is 31.2 Å². The van der Waals surface area contributed by atoms with Gasteiger partial charge in [0, 0.05) is 11.8 Å². The zero-order valence-corrected chi connectivity index (χ0v) is 17.4. The summed E-state index contributed by atoms with van der Waals surface area (Å²) in [7, 11) is 1.49. The summed E-state index contributed by atoms with van der Waals surface area (Å²) in [5, 5.41) is 17.5. The minimum absolute atomic E-state index is 0.104. The molecule has 1 heterocycles. The molecule has 0 aliphatic rings. The van der Waals surface area contributed by atoms with Crippen LogP contribution in [0.3, 0.4) is 0 Å². The summed E-state index contributed by atoms with van der Waals surface area (Å²) >= 11 is 0. The third kappa shape index (κ3) is 6.26. The van der Waals surface area contributed by atoms with Gasteiger partial charge in [-0.25, -0.2) is 4.98 Å². The number of nitro groups is 1. The second-order valence-electron chi connectivity index (χ2n) is 6.64. The number of carbonyl (C=O) groups is 1. The van der Waals surface area contributed by atoms with E-state index in [-0.39, 0.29) is 18.2 Å². The molecule has 0 atom stereocenters. The van der Waals surface area contributed by atoms with E-state index >= 15 is 0 Å². The van der Waals surface area contributed by atoms with Crippen LogP contribution in [0.25, 0.3) is 0 Å². The first-order chi connectivity index (χ1) is 15.4. The van der Waals surface area contributed by atoms with Crippen LogP contribution in [0, 0.1) is 17.0 Å². The number of aromatic nitrogens is 1. The van der Waals surface area contributed by atoms with Crippen molar-refractivity contribution in [3.05, 3.63) is 82.0 Å². The van der Waals surface area contributed by atoms with Gasteiger partial charge in [-0.15, -0.1) is 0 Å². The van der Waals surface area contributed by atoms with E-state index in [9.17, 15) is 14.9 Å². The van der Waals surface area contributed by atoms with Crippen LogP contribution in [0.4, 0.5) is 17.2 Å². The van der Waals surface area contributed by atoms with Gasteiger partial charge in [0.05, 0.1) is 18.2 Å². The van der Waals surface area contributed by atoms with Crippen LogP contribution < -0.4 is 20.2 Å². The maximum Gasteiger partial charge on any atom is 0.287 e. The zero-order valence-electron chi connectivity index (χ0n) is 17.4. The number of carbonyl (C=O) groups excluding carboxylic acids is 1. The summed E-state index contributed by atoms with van der Waals surface area (Å²) in [5.74, 6) is 0.916. The number of nitrogens with one attached hydrogen (secondary N) is 2. The molecular weight excluding hydrogens is 414 g/mol. The number of methoxy groups -OCH3 is 1. The maximum absolute atomic E-state index is 12.1. The Labute approximate surface area is 184 Å². The highest BCUT2D eigenvalue weighted by atomic mass is 16.6. The predicted octanol–water partition coefficient (Wildman–Crippen LogP) is 3.77. The first-order valence-corrected chi connectivity index (χ1v) is 9.51. The number of anilines is 2. The molecule has 164 valence electrons. The van der Waals surface area contributed by atoms with Crippen molar-refractivity contribution < 1.29 is 19.2 Å². The molecule has 2 aromatic carbocycles. The van der Waals surface area contributed by atoms with Gasteiger partial charge in [-0.05, 0) is 48.9 Å². The van der Waals surface area contributed by atoms with Crippen LogP contribution in [0.2, 0.25) is 0 Å². The number of amides is 1. The van der Waals surface area contributed by atoms with Gasteiger partial charge in [-0.2, -0.15) is 5.10 Å². The molecular formula is C22H21N5O5. The molecule has 0 saturated carbocycles. The molecule has 0 radical (unpaired) electrons. The number of ether oxygens (including phenoxy) is 2. The van der Waals surface area contributed by atoms with Crippen LogP contribution in [-0.2, 0) is 4.79 Å². The van der Waals surface area contributed by atoms with E-state index in [0.29, 0.717) is 28.6 Å². The van der Waals surface area contributed by atoms with Gasteiger partial charge in [-0.1, -0.05) is 17.7 Å². The highest BCUT2D eigenvalue weighted by Crippen LogP contribution is 2.27. The highest BCUT2D eigenvalue weighted by Gasteiger charge is 2.09. The standard InChI is InChI=1S/C22H21N5O5/c1-15-3-6-17(7-4-15)25-22(28)14-32-19-9-5-16(11-20(19)31-2)12-24-26-21-10-8-18(13-23-21)27(29)30/h3-13H,14H2,1-2H3,(H,23,26)(H,25,28)/b24-12+. The zero-order chi connectivity index (χ0) is 22.9. The number of rotatable bonds is 9. The Morgan fingerprint density at radius 2 is 1.94 bits per heavy atom. The molecule has 0 spiro atoms. The summed E-state index contributed by atoms with van der Waals surface area (Å²) in [5.41, 5.74) is 5.08. The minimum atomic E-state index is -0.526. The summed E-state index contributed by atoms with van der Waals surface area (Å²) in [6, 6.07) is 15.3. The first-order valence-electron chi connectivity index (χ1n) is 9.51. The molecule has 10 nitrogen and oxygen atoms in total. The SMILES string of the molecule is COc1cc(/C=N/Nc2ccc([N+](=O)[O-])cn2)ccc1OCC(=O)Nc1ccc(C)cc1. The first kappa shape index (κ1) is 22.2. The third-order valence-corrected chi connectivity index (χ3v) is 4.23. The quantitative estimate of drug-likeness (QED) is 0.297. The molecule has 1 aromatic heterocycles. The van der Waals surface area contributed by atoms with Crippen molar-refractivity contribution in [1.29, 1.82) is 0 Å². The fraction of sp³-hybridized carbons (Fsp3) is 0.136. The molecule has 0 aliphatic carbocycles. The van der Waals surface area contributed by atoms with E-state index < -0.39 is 4.92 Å². The molecule has 2 N–H and O–H groups in total. The van der Waals surface area contributed by atoms with Crippen molar-refractivity contribution in [2.75, 3.05) is 24.5 Å². The topological polar surface area (TPSA) is 128 Å². The van der Waals surface area contributed by atoms with Crippen molar-refractivity contribution in [1.82, 2.24) is 4.98 Å². The third-order valence-electron chi connectivity index (χ3n) is 4.23. The van der Waals surface area contributed by atoms with Gasteiger partial charge in [-0.3, -0.25) is 20.3 Å². The van der Waals surface area contributed by atoms with Gasteiger partial charge in [0.25, 0.3) is 11.6 Å². The lowest BCUT2D eigenvalue weighted by Crippen LogP contribution is -2.20. The Morgan fingerprint density at radius 3 is 2.59 bits per heavy atom. The van der Waals surface area contributed by atoms with Crippen molar-refractivity contribution in [3.8, 4) is 11.5 Å². The molecule has 0 unspecified atom stereocenters. The second-order valence-corrected chi connectivity index (χ2v) is 6.64. The van der Waals surface area contributed by atoms with Gasteiger partial charge in [0.15, 0.2) is 18.1 Å². The fourth-order valence-electron chi connectivity index (χ4n) is 2.59. The van der Waals surface area contributed by atoms with Gasteiger partial charge >= 0.3 is 0 Å². The lowest BCUT2D eigenvalue weighted by atomic mass is 10.2. The molecule has 0 saturated heterocycles. The van der Waals surface area contributed by atoms with Crippen molar-refractivity contribution >= 4 is 29.3 Å². The Hall–Kier alpha value is -4.47. The Bertz CT molecular complexity index is 1110. The van der Waals surface area contributed by atoms with E-state index in [1.54, 1.807) is 18.2 Å². The maximum atomic E-state index is 12.1. The van der Waals surface area contributed by atoms with Crippen molar-refractivity contribution in [2.24, 2.45) is 5.10 Å². The lowest BCUT2D eigenvalue weighted by molar-refractivity contribution is -0.385. The monoisotopic (exact) mass is 435 g/mol. The van der Waals surface area contributed by atoms with Crippen LogP contribution in [0.1, 0.15) is 11.1 Å². The van der Waals surface area contributed by atoms with Crippen molar-refractivity contribution in [2.45, 2.75) is 6.92 Å². The smallest absolute Gasteiger partial charge is 0.287 e. The summed E-state index contributed by atoms with van der Waals surface area (Å²) in [6.07, 6.45) is 2.67. The molecule has 3 aromatic rings. The summed E-state index contributed by atoms with van der Waals surface area (Å²) < 4.78 is 10.9. The molecule has 3 rings (SSSR count). The normalized spacial score (nSPS) is 10.6. The highest BCUT2D eigenvalue weighted by molar-refractivity contribution is 5.92. The molecule has 32 heavy (non-hydrogen) atoms. The van der Waals surface area contributed by atoms with E-state index in [0.717, 1.165) is 11.8 Å². The second kappa shape index (κ2) is 10.5. The van der Waals surface area contributed by atoms with Crippen LogP contribution >= 0.6 is 0 Å². The number of aryl methyl sites for hydroxylation is 1. The largest absolute Gasteiger partial charge is 0.493 e. The average molecular weight is 435 g/mol. The molecule has 10 heteroatoms. The average Bonchev–Trinajstić information content (AvgIpc) is 2.80. The van der Waals surface area contributed by atoms with E-state index in [4.69, 9.17) is 9.47 Å². The molecule has 0 bridgehead atoms. The Morgan fingerprint density at radius 1 is 1.16 bits per heavy atom. The fourth-order valence-corrected chi connectivity index (χ4v) is 2.59. The van der Waals surface area contributed by atoms with Crippen LogP contribution in [-0.4, -0.2) is 35.7 Å². The van der Waals surface area contributed by atoms with Gasteiger partial charge in [0.1, 0.15) is 12.0 Å². The van der Waals surface area contributed by atoms with E-state index in [2.05, 4.69) is 20.8 Å².